The van der Waals surface area contributed by atoms with Gasteiger partial charge in [0.2, 0.25) is 5.89 Å². The molecule has 1 aliphatic heterocycles. The standard InChI is InChI=1S/C19H20N2O2S/c1-22-17-6-4-14(5-7-17)19-20-16(12-23-19)11-21-9-2-3-18(21)15-8-10-24-13-15/h4-8,10,12-13,18H,2-3,9,11H2,1H3. The topological polar surface area (TPSA) is 38.5 Å². The first-order valence-electron chi connectivity index (χ1n) is 8.18. The summed E-state index contributed by atoms with van der Waals surface area (Å²) >= 11 is 1.77. The smallest absolute Gasteiger partial charge is 0.226 e. The lowest BCUT2D eigenvalue weighted by Crippen LogP contribution is -2.22. The van der Waals surface area contributed by atoms with Gasteiger partial charge in [0.15, 0.2) is 0 Å². The molecule has 1 unspecified atom stereocenters. The summed E-state index contributed by atoms with van der Waals surface area (Å²) in [6, 6.07) is 10.5. The summed E-state index contributed by atoms with van der Waals surface area (Å²) in [7, 11) is 1.66. The molecule has 5 heteroatoms. The molecule has 4 rings (SSSR count). The maximum absolute atomic E-state index is 5.68. The van der Waals surface area contributed by atoms with Crippen LogP contribution in [0.25, 0.3) is 11.5 Å². The van der Waals surface area contributed by atoms with Gasteiger partial charge in [-0.2, -0.15) is 11.3 Å². The molecule has 124 valence electrons. The number of hydrogen-bond donors (Lipinski definition) is 0. The average molecular weight is 340 g/mol. The molecule has 4 nitrogen and oxygen atoms in total. The second kappa shape index (κ2) is 6.79. The van der Waals surface area contributed by atoms with Gasteiger partial charge in [-0.3, -0.25) is 4.90 Å². The highest BCUT2D eigenvalue weighted by Crippen LogP contribution is 2.34. The summed E-state index contributed by atoms with van der Waals surface area (Å²) in [6.45, 7) is 1.95. The van der Waals surface area contributed by atoms with Gasteiger partial charge in [0.25, 0.3) is 0 Å². The number of thiophene rings is 1. The SMILES string of the molecule is COc1ccc(-c2nc(CN3CCCC3c3ccsc3)co2)cc1. The van der Waals surface area contributed by atoms with Crippen LogP contribution < -0.4 is 4.74 Å². The lowest BCUT2D eigenvalue weighted by Gasteiger charge is -2.22. The number of nitrogens with zero attached hydrogens (tertiary/aromatic N) is 2. The number of aromatic nitrogens is 1. The molecule has 0 bridgehead atoms. The van der Waals surface area contributed by atoms with Crippen molar-refractivity contribution in [2.75, 3.05) is 13.7 Å². The molecule has 0 amide bonds. The fourth-order valence-corrected chi connectivity index (χ4v) is 4.02. The average Bonchev–Trinajstić information content (AvgIpc) is 3.37. The molecular weight excluding hydrogens is 320 g/mol. The highest BCUT2D eigenvalue weighted by Gasteiger charge is 2.27. The van der Waals surface area contributed by atoms with Crippen LogP contribution in [0.3, 0.4) is 0 Å². The van der Waals surface area contributed by atoms with Gasteiger partial charge in [-0.1, -0.05) is 0 Å². The maximum atomic E-state index is 5.68. The first-order valence-corrected chi connectivity index (χ1v) is 9.13. The molecule has 24 heavy (non-hydrogen) atoms. The molecule has 1 atom stereocenters. The summed E-state index contributed by atoms with van der Waals surface area (Å²) in [4.78, 5) is 7.17. The monoisotopic (exact) mass is 340 g/mol. The Morgan fingerprint density at radius 1 is 1.29 bits per heavy atom. The largest absolute Gasteiger partial charge is 0.497 e. The lowest BCUT2D eigenvalue weighted by atomic mass is 10.1. The third kappa shape index (κ3) is 3.09. The van der Waals surface area contributed by atoms with Crippen molar-refractivity contribution in [3.63, 3.8) is 0 Å². The second-order valence-electron chi connectivity index (χ2n) is 6.06. The van der Waals surface area contributed by atoms with E-state index in [0.29, 0.717) is 11.9 Å². The van der Waals surface area contributed by atoms with Crippen molar-refractivity contribution < 1.29 is 9.15 Å². The van der Waals surface area contributed by atoms with Crippen molar-refractivity contribution in [1.82, 2.24) is 9.88 Å². The van der Waals surface area contributed by atoms with E-state index in [1.807, 2.05) is 24.3 Å². The minimum atomic E-state index is 0.511. The minimum Gasteiger partial charge on any atom is -0.497 e. The van der Waals surface area contributed by atoms with E-state index in [-0.39, 0.29) is 0 Å². The van der Waals surface area contributed by atoms with Crippen LogP contribution in [0.1, 0.15) is 30.1 Å². The Hall–Kier alpha value is -2.11. The summed E-state index contributed by atoms with van der Waals surface area (Å²) in [5.74, 6) is 1.50. The number of oxazole rings is 1. The quantitative estimate of drug-likeness (QED) is 0.672. The molecule has 0 spiro atoms. The zero-order valence-electron chi connectivity index (χ0n) is 13.6. The van der Waals surface area contributed by atoms with E-state index in [1.54, 1.807) is 24.7 Å². The summed E-state index contributed by atoms with van der Waals surface area (Å²) in [5, 5.41) is 4.41. The zero-order chi connectivity index (χ0) is 16.4. The first kappa shape index (κ1) is 15.4. The fraction of sp³-hybridized carbons (Fsp3) is 0.316. The Bertz CT molecular complexity index is 780. The fourth-order valence-electron chi connectivity index (χ4n) is 3.31. The van der Waals surface area contributed by atoms with E-state index in [1.165, 1.54) is 18.4 Å². The molecular formula is C19H20N2O2S. The van der Waals surface area contributed by atoms with Crippen molar-refractivity contribution in [2.45, 2.75) is 25.4 Å². The summed E-state index contributed by atoms with van der Waals surface area (Å²) < 4.78 is 10.9. The number of benzene rings is 1. The van der Waals surface area contributed by atoms with E-state index in [4.69, 9.17) is 9.15 Å². The summed E-state index contributed by atoms with van der Waals surface area (Å²) in [5.41, 5.74) is 3.39. The molecule has 1 fully saturated rings. The zero-order valence-corrected chi connectivity index (χ0v) is 14.5. The van der Waals surface area contributed by atoms with E-state index in [0.717, 1.165) is 30.1 Å². The number of hydrogen-bond acceptors (Lipinski definition) is 5. The van der Waals surface area contributed by atoms with Crippen LogP contribution in [0.15, 0.2) is 51.8 Å². The second-order valence-corrected chi connectivity index (χ2v) is 6.84. The molecule has 2 aromatic heterocycles. The molecule has 3 aromatic rings. The van der Waals surface area contributed by atoms with Crippen molar-refractivity contribution in [2.24, 2.45) is 0 Å². The Balaban J connectivity index is 1.48. The normalized spacial score (nSPS) is 18.1. The van der Waals surface area contributed by atoms with Crippen molar-refractivity contribution in [3.05, 3.63) is 58.6 Å². The summed E-state index contributed by atoms with van der Waals surface area (Å²) in [6.07, 6.45) is 4.24. The van der Waals surface area contributed by atoms with Crippen LogP contribution in [-0.4, -0.2) is 23.5 Å². The number of ether oxygens (including phenoxy) is 1. The minimum absolute atomic E-state index is 0.511. The van der Waals surface area contributed by atoms with Gasteiger partial charge >= 0.3 is 0 Å². The van der Waals surface area contributed by atoms with E-state index in [9.17, 15) is 0 Å². The van der Waals surface area contributed by atoms with Crippen LogP contribution in [-0.2, 0) is 6.54 Å². The van der Waals surface area contributed by atoms with Gasteiger partial charge in [0.05, 0.1) is 12.8 Å². The van der Waals surface area contributed by atoms with Gasteiger partial charge < -0.3 is 9.15 Å². The van der Waals surface area contributed by atoms with Crippen molar-refractivity contribution in [3.8, 4) is 17.2 Å². The van der Waals surface area contributed by atoms with Crippen LogP contribution >= 0.6 is 11.3 Å². The van der Waals surface area contributed by atoms with Gasteiger partial charge in [-0.05, 0) is 66.0 Å². The third-order valence-corrected chi connectivity index (χ3v) is 5.25. The molecule has 0 aliphatic carbocycles. The van der Waals surface area contributed by atoms with Crippen molar-refractivity contribution in [1.29, 1.82) is 0 Å². The van der Waals surface area contributed by atoms with E-state index < -0.39 is 0 Å². The van der Waals surface area contributed by atoms with E-state index in [2.05, 4.69) is 26.7 Å². The van der Waals surface area contributed by atoms with Gasteiger partial charge in [-0.15, -0.1) is 0 Å². The maximum Gasteiger partial charge on any atom is 0.226 e. The Morgan fingerprint density at radius 3 is 2.92 bits per heavy atom. The van der Waals surface area contributed by atoms with E-state index >= 15 is 0 Å². The number of rotatable bonds is 5. The van der Waals surface area contributed by atoms with Crippen molar-refractivity contribution >= 4 is 11.3 Å². The molecule has 0 N–H and O–H groups in total. The van der Waals surface area contributed by atoms with Gasteiger partial charge in [0.1, 0.15) is 12.0 Å². The molecule has 0 saturated carbocycles. The highest BCUT2D eigenvalue weighted by atomic mass is 32.1. The third-order valence-electron chi connectivity index (χ3n) is 4.55. The predicted molar refractivity (Wildman–Crippen MR) is 95.2 cm³/mol. The lowest BCUT2D eigenvalue weighted by molar-refractivity contribution is 0.246. The van der Waals surface area contributed by atoms with Crippen LogP contribution in [0.2, 0.25) is 0 Å². The highest BCUT2D eigenvalue weighted by molar-refractivity contribution is 7.07. The Morgan fingerprint density at radius 2 is 2.17 bits per heavy atom. The molecule has 1 saturated heterocycles. The predicted octanol–water partition coefficient (Wildman–Crippen LogP) is 4.75. The first-order chi connectivity index (χ1) is 11.8. The van der Waals surface area contributed by atoms with Gasteiger partial charge in [-0.25, -0.2) is 4.98 Å². The Kier molecular flexibility index (Phi) is 4.36. The number of methoxy groups -OCH3 is 1. The molecule has 3 heterocycles. The van der Waals surface area contributed by atoms with Crippen LogP contribution in [0, 0.1) is 0 Å². The van der Waals surface area contributed by atoms with Gasteiger partial charge in [0, 0.05) is 18.2 Å². The number of likely N-dealkylation sites (tertiary alicyclic amines) is 1. The Labute approximate surface area is 145 Å². The van der Waals surface area contributed by atoms with Crippen LogP contribution in [0.5, 0.6) is 5.75 Å². The molecule has 0 radical (unpaired) electrons. The molecule has 1 aromatic carbocycles. The van der Waals surface area contributed by atoms with Crippen LogP contribution in [0.4, 0.5) is 0 Å². The molecule has 1 aliphatic rings.